The minimum absolute atomic E-state index is 0.541. The minimum atomic E-state index is 0.541. The molecule has 0 saturated carbocycles. The first kappa shape index (κ1) is 28.8. The molecule has 0 bridgehead atoms. The fourth-order valence-electron chi connectivity index (χ4n) is 7.47. The van der Waals surface area contributed by atoms with Gasteiger partial charge in [-0.2, -0.15) is 15.8 Å². The van der Waals surface area contributed by atoms with Crippen LogP contribution in [0.2, 0.25) is 0 Å². The van der Waals surface area contributed by atoms with Gasteiger partial charge in [0.1, 0.15) is 0 Å². The van der Waals surface area contributed by atoms with Crippen molar-refractivity contribution >= 4 is 43.6 Å². The van der Waals surface area contributed by atoms with Crippen LogP contribution in [-0.4, -0.2) is 9.13 Å². The van der Waals surface area contributed by atoms with Crippen LogP contribution in [0.15, 0.2) is 152 Å². The lowest BCUT2D eigenvalue weighted by atomic mass is 9.89. The Morgan fingerprint density at radius 3 is 1.60 bits per heavy atom. The minimum Gasteiger partial charge on any atom is -0.309 e. The van der Waals surface area contributed by atoms with Gasteiger partial charge in [-0.05, 0) is 77.9 Å². The summed E-state index contributed by atoms with van der Waals surface area (Å²) in [7, 11) is 0. The predicted molar refractivity (Wildman–Crippen MR) is 200 cm³/mol. The summed E-state index contributed by atoms with van der Waals surface area (Å²) in [5, 5.41) is 34.4. The highest BCUT2D eigenvalue weighted by Crippen LogP contribution is 2.42. The molecule has 5 heteroatoms. The maximum Gasteiger partial charge on any atom is 0.0998 e. The largest absolute Gasteiger partial charge is 0.309 e. The first-order chi connectivity index (χ1) is 24.7. The average molecular weight is 636 g/mol. The van der Waals surface area contributed by atoms with Crippen molar-refractivity contribution in [2.24, 2.45) is 0 Å². The molecule has 0 aliphatic rings. The van der Waals surface area contributed by atoms with Gasteiger partial charge in [0.2, 0.25) is 0 Å². The van der Waals surface area contributed by atoms with Gasteiger partial charge in [0.05, 0.1) is 62.7 Å². The topological polar surface area (TPSA) is 81.2 Å². The number of hydrogen-bond acceptors (Lipinski definition) is 3. The van der Waals surface area contributed by atoms with E-state index in [1.165, 1.54) is 0 Å². The highest BCUT2D eigenvalue weighted by atomic mass is 15.0. The molecule has 7 aromatic carbocycles. The third-order valence-electron chi connectivity index (χ3n) is 9.64. The van der Waals surface area contributed by atoms with Crippen molar-refractivity contribution in [1.82, 2.24) is 9.13 Å². The van der Waals surface area contributed by atoms with E-state index < -0.39 is 0 Å². The monoisotopic (exact) mass is 635 g/mol. The van der Waals surface area contributed by atoms with Crippen LogP contribution in [0.3, 0.4) is 0 Å². The molecule has 2 aromatic heterocycles. The summed E-state index contributed by atoms with van der Waals surface area (Å²) in [4.78, 5) is 0. The Morgan fingerprint density at radius 2 is 0.960 bits per heavy atom. The number of aromatic nitrogens is 2. The zero-order valence-corrected chi connectivity index (χ0v) is 26.7. The molecule has 230 valence electrons. The SMILES string of the molecule is N#Cc1ccc(-c2c(C#N)cccc2-c2ccc(-n3c4ccccc4c4cc(C#N)ccc43)cc2)c(-n2c3ccccc3c3ccccc32)c1. The van der Waals surface area contributed by atoms with Crippen LogP contribution in [0, 0.1) is 34.0 Å². The smallest absolute Gasteiger partial charge is 0.0998 e. The van der Waals surface area contributed by atoms with Crippen molar-refractivity contribution in [3.63, 3.8) is 0 Å². The van der Waals surface area contributed by atoms with E-state index in [0.717, 1.165) is 77.2 Å². The molecule has 5 nitrogen and oxygen atoms in total. The van der Waals surface area contributed by atoms with Crippen molar-refractivity contribution < 1.29 is 0 Å². The Balaban J connectivity index is 1.26. The number of hydrogen-bond donors (Lipinski definition) is 0. The van der Waals surface area contributed by atoms with Gasteiger partial charge in [-0.15, -0.1) is 0 Å². The van der Waals surface area contributed by atoms with E-state index in [1.54, 1.807) is 0 Å². The zero-order valence-electron chi connectivity index (χ0n) is 26.7. The van der Waals surface area contributed by atoms with Gasteiger partial charge in [-0.3, -0.25) is 0 Å². The van der Waals surface area contributed by atoms with E-state index in [-0.39, 0.29) is 0 Å². The average Bonchev–Trinajstić information content (AvgIpc) is 3.70. The number of nitriles is 3. The van der Waals surface area contributed by atoms with Crippen LogP contribution in [0.4, 0.5) is 0 Å². The molecule has 0 fully saturated rings. The molecule has 2 heterocycles. The Hall–Kier alpha value is -7.39. The van der Waals surface area contributed by atoms with Gasteiger partial charge >= 0.3 is 0 Å². The summed E-state index contributed by atoms with van der Waals surface area (Å²) in [5.74, 6) is 0. The van der Waals surface area contributed by atoms with Crippen molar-refractivity contribution in [1.29, 1.82) is 15.8 Å². The molecular formula is C45H25N5. The predicted octanol–water partition coefficient (Wildman–Crippen LogP) is 10.8. The van der Waals surface area contributed by atoms with Gasteiger partial charge in [0, 0.05) is 38.4 Å². The third kappa shape index (κ3) is 4.31. The van der Waals surface area contributed by atoms with Gasteiger partial charge < -0.3 is 9.13 Å². The van der Waals surface area contributed by atoms with Crippen molar-refractivity contribution in [2.45, 2.75) is 0 Å². The molecule has 9 aromatic rings. The molecule has 0 saturated heterocycles. The van der Waals surface area contributed by atoms with Crippen LogP contribution >= 0.6 is 0 Å². The van der Waals surface area contributed by atoms with Crippen molar-refractivity contribution in [2.75, 3.05) is 0 Å². The summed E-state index contributed by atoms with van der Waals surface area (Å²) in [6.07, 6.45) is 0. The quantitative estimate of drug-likeness (QED) is 0.193. The molecular weight excluding hydrogens is 611 g/mol. The van der Waals surface area contributed by atoms with E-state index in [2.05, 4.69) is 94.1 Å². The molecule has 50 heavy (non-hydrogen) atoms. The van der Waals surface area contributed by atoms with Gasteiger partial charge in [-0.1, -0.05) is 84.9 Å². The number of nitrogens with zero attached hydrogens (tertiary/aromatic N) is 5. The Labute approximate surface area is 287 Å². The fourth-order valence-corrected chi connectivity index (χ4v) is 7.47. The van der Waals surface area contributed by atoms with Crippen LogP contribution in [0.25, 0.3) is 77.2 Å². The van der Waals surface area contributed by atoms with E-state index in [4.69, 9.17) is 0 Å². The van der Waals surface area contributed by atoms with Gasteiger partial charge in [0.15, 0.2) is 0 Å². The first-order valence-corrected chi connectivity index (χ1v) is 16.3. The number of rotatable bonds is 4. The van der Waals surface area contributed by atoms with Crippen molar-refractivity contribution in [3.05, 3.63) is 168 Å². The standard InChI is InChI=1S/C45H25N5/c46-26-29-17-23-43-39(24-29)37-11-3-4-13-40(37)49(43)33-20-18-31(19-21-33)34-12-7-8-32(28-48)45(34)38-22-16-30(27-47)25-44(38)50-41-14-5-1-9-35(41)36-10-2-6-15-42(36)50/h1-25H. The summed E-state index contributed by atoms with van der Waals surface area (Å²) in [6.45, 7) is 0. The Bertz CT molecular complexity index is 2900. The van der Waals surface area contributed by atoms with Crippen LogP contribution in [0.5, 0.6) is 0 Å². The van der Waals surface area contributed by atoms with Crippen LogP contribution in [-0.2, 0) is 0 Å². The number of fused-ring (bicyclic) bond motifs is 6. The molecule has 0 spiro atoms. The van der Waals surface area contributed by atoms with E-state index >= 15 is 0 Å². The van der Waals surface area contributed by atoms with Gasteiger partial charge in [0.25, 0.3) is 0 Å². The molecule has 0 aliphatic heterocycles. The second kappa shape index (κ2) is 11.4. The highest BCUT2D eigenvalue weighted by molar-refractivity contribution is 6.11. The summed E-state index contributed by atoms with van der Waals surface area (Å²) >= 11 is 0. The van der Waals surface area contributed by atoms with E-state index in [9.17, 15) is 15.8 Å². The lowest BCUT2D eigenvalue weighted by Crippen LogP contribution is -2.01. The zero-order chi connectivity index (χ0) is 33.8. The summed E-state index contributed by atoms with van der Waals surface area (Å²) in [6, 6.07) is 57.7. The second-order valence-corrected chi connectivity index (χ2v) is 12.3. The Kier molecular flexibility index (Phi) is 6.56. The molecule has 0 atom stereocenters. The van der Waals surface area contributed by atoms with Gasteiger partial charge in [-0.25, -0.2) is 0 Å². The normalized spacial score (nSPS) is 11.1. The number of para-hydroxylation sites is 3. The first-order valence-electron chi connectivity index (χ1n) is 16.3. The lowest BCUT2D eigenvalue weighted by molar-refractivity contribution is 1.18. The lowest BCUT2D eigenvalue weighted by Gasteiger charge is -2.19. The third-order valence-corrected chi connectivity index (χ3v) is 9.64. The molecule has 0 N–H and O–H groups in total. The summed E-state index contributed by atoms with van der Waals surface area (Å²) < 4.78 is 4.44. The maximum absolute atomic E-state index is 10.5. The highest BCUT2D eigenvalue weighted by Gasteiger charge is 2.21. The molecule has 0 amide bonds. The Morgan fingerprint density at radius 1 is 0.400 bits per heavy atom. The fraction of sp³-hybridized carbons (Fsp3) is 0. The second-order valence-electron chi connectivity index (χ2n) is 12.3. The maximum atomic E-state index is 10.5. The molecule has 9 rings (SSSR count). The molecule has 0 aliphatic carbocycles. The van der Waals surface area contributed by atoms with Crippen LogP contribution < -0.4 is 0 Å². The van der Waals surface area contributed by atoms with E-state index in [0.29, 0.717) is 16.7 Å². The molecule has 0 unspecified atom stereocenters. The number of benzene rings is 7. The van der Waals surface area contributed by atoms with Crippen molar-refractivity contribution in [3.8, 4) is 51.8 Å². The van der Waals surface area contributed by atoms with Crippen LogP contribution in [0.1, 0.15) is 16.7 Å². The summed E-state index contributed by atoms with van der Waals surface area (Å²) in [5.41, 5.74) is 11.2. The molecule has 0 radical (unpaired) electrons. The van der Waals surface area contributed by atoms with E-state index in [1.807, 2.05) is 84.9 Å².